The Morgan fingerprint density at radius 1 is 1.50 bits per heavy atom. The van der Waals surface area contributed by atoms with Crippen molar-refractivity contribution < 1.29 is 9.13 Å². The summed E-state index contributed by atoms with van der Waals surface area (Å²) >= 11 is 5.40. The molecule has 0 aliphatic rings. The van der Waals surface area contributed by atoms with E-state index in [9.17, 15) is 4.39 Å². The van der Waals surface area contributed by atoms with Gasteiger partial charge in [0, 0.05) is 6.07 Å². The molecule has 0 heterocycles. The minimum atomic E-state index is -0.248. The van der Waals surface area contributed by atoms with Crippen LogP contribution in [0.25, 0.3) is 0 Å². The van der Waals surface area contributed by atoms with Gasteiger partial charge < -0.3 is 4.74 Å². The third-order valence-electron chi connectivity index (χ3n) is 1.49. The Morgan fingerprint density at radius 2 is 2.25 bits per heavy atom. The lowest BCUT2D eigenvalue weighted by Crippen LogP contribution is -1.98. The van der Waals surface area contributed by atoms with Gasteiger partial charge in [-0.3, -0.25) is 0 Å². The molecule has 1 aromatic carbocycles. The largest absolute Gasteiger partial charge is 0.492 e. The smallest absolute Gasteiger partial charge is 0.129 e. The Balaban J connectivity index is 2.69. The lowest BCUT2D eigenvalue weighted by molar-refractivity contribution is 0.340. The number of hydrogen-bond donors (Lipinski definition) is 0. The molecule has 3 heteroatoms. The van der Waals surface area contributed by atoms with Crippen molar-refractivity contribution in [1.29, 1.82) is 0 Å². The lowest BCUT2D eigenvalue weighted by atomic mass is 10.2. The molecule has 0 radical (unpaired) electrons. The normalized spacial score (nSPS) is 9.92. The van der Waals surface area contributed by atoms with Crippen LogP contribution < -0.4 is 4.74 Å². The molecule has 0 saturated carbocycles. The molecule has 1 aromatic rings. The molecule has 1 rings (SSSR count). The molecule has 1 nitrogen and oxygen atoms in total. The van der Waals surface area contributed by atoms with E-state index in [1.165, 1.54) is 6.07 Å². The first-order chi connectivity index (χ1) is 5.74. The summed E-state index contributed by atoms with van der Waals surface area (Å²) in [6.45, 7) is 2.12. The first kappa shape index (κ1) is 9.33. The van der Waals surface area contributed by atoms with E-state index >= 15 is 0 Å². The maximum absolute atomic E-state index is 12.9. The van der Waals surface area contributed by atoms with E-state index in [-0.39, 0.29) is 5.82 Å². The molecule has 0 aliphatic carbocycles. The first-order valence-corrected chi connectivity index (χ1v) is 4.22. The second-order valence-electron chi connectivity index (χ2n) is 2.45. The van der Waals surface area contributed by atoms with Crippen molar-refractivity contribution >= 4 is 11.6 Å². The molecule has 0 aromatic heterocycles. The molecule has 0 fully saturated rings. The van der Waals surface area contributed by atoms with Gasteiger partial charge in [-0.2, -0.15) is 0 Å². The van der Waals surface area contributed by atoms with Gasteiger partial charge in [0.15, 0.2) is 0 Å². The SMILES string of the molecule is Cc1ccc(OCCCl)cc1F. The van der Waals surface area contributed by atoms with Gasteiger partial charge in [-0.25, -0.2) is 4.39 Å². The molecule has 0 aliphatic heterocycles. The second kappa shape index (κ2) is 4.31. The van der Waals surface area contributed by atoms with Crippen LogP contribution in [0.1, 0.15) is 5.56 Å². The first-order valence-electron chi connectivity index (χ1n) is 3.69. The number of aryl methyl sites for hydroxylation is 1. The summed E-state index contributed by atoms with van der Waals surface area (Å²) in [5, 5.41) is 0. The monoisotopic (exact) mass is 188 g/mol. The van der Waals surface area contributed by atoms with Crippen molar-refractivity contribution in [2.45, 2.75) is 6.92 Å². The zero-order valence-electron chi connectivity index (χ0n) is 6.81. The van der Waals surface area contributed by atoms with Crippen LogP contribution in [-0.4, -0.2) is 12.5 Å². The molecule has 66 valence electrons. The average Bonchev–Trinajstić information content (AvgIpc) is 2.07. The predicted molar refractivity (Wildman–Crippen MR) is 47.4 cm³/mol. The van der Waals surface area contributed by atoms with E-state index in [1.54, 1.807) is 19.1 Å². The molecular formula is C9H10ClFO. The molecule has 0 saturated heterocycles. The van der Waals surface area contributed by atoms with Gasteiger partial charge in [0.05, 0.1) is 5.88 Å². The summed E-state index contributed by atoms with van der Waals surface area (Å²) in [6.07, 6.45) is 0. The van der Waals surface area contributed by atoms with Crippen LogP contribution in [0.2, 0.25) is 0 Å². The fraction of sp³-hybridized carbons (Fsp3) is 0.333. The number of alkyl halides is 1. The Bertz CT molecular complexity index is 263. The van der Waals surface area contributed by atoms with E-state index in [0.29, 0.717) is 23.8 Å². The number of rotatable bonds is 3. The van der Waals surface area contributed by atoms with E-state index in [2.05, 4.69) is 0 Å². The second-order valence-corrected chi connectivity index (χ2v) is 2.83. The predicted octanol–water partition coefficient (Wildman–Crippen LogP) is 2.75. The minimum Gasteiger partial charge on any atom is -0.492 e. The van der Waals surface area contributed by atoms with E-state index in [1.807, 2.05) is 0 Å². The Morgan fingerprint density at radius 3 is 2.83 bits per heavy atom. The van der Waals surface area contributed by atoms with Crippen molar-refractivity contribution in [1.82, 2.24) is 0 Å². The zero-order chi connectivity index (χ0) is 8.97. The van der Waals surface area contributed by atoms with Crippen LogP contribution in [0.5, 0.6) is 5.75 Å². The van der Waals surface area contributed by atoms with Gasteiger partial charge in [-0.1, -0.05) is 6.07 Å². The number of benzene rings is 1. The fourth-order valence-corrected chi connectivity index (χ4v) is 0.897. The van der Waals surface area contributed by atoms with Gasteiger partial charge >= 0.3 is 0 Å². The van der Waals surface area contributed by atoms with Crippen LogP contribution in [-0.2, 0) is 0 Å². The highest BCUT2D eigenvalue weighted by molar-refractivity contribution is 6.17. The quantitative estimate of drug-likeness (QED) is 0.663. The zero-order valence-corrected chi connectivity index (χ0v) is 7.57. The molecule has 0 unspecified atom stereocenters. The van der Waals surface area contributed by atoms with Crippen molar-refractivity contribution in [2.24, 2.45) is 0 Å². The molecule has 0 spiro atoms. The Hall–Kier alpha value is -0.760. The summed E-state index contributed by atoms with van der Waals surface area (Å²) in [5.74, 6) is 0.691. The third-order valence-corrected chi connectivity index (χ3v) is 1.64. The van der Waals surface area contributed by atoms with Crippen LogP contribution in [0, 0.1) is 12.7 Å². The maximum atomic E-state index is 12.9. The number of halogens is 2. The van der Waals surface area contributed by atoms with Gasteiger partial charge in [0.25, 0.3) is 0 Å². The van der Waals surface area contributed by atoms with Gasteiger partial charge in [0.2, 0.25) is 0 Å². The highest BCUT2D eigenvalue weighted by Crippen LogP contribution is 2.15. The summed E-state index contributed by atoms with van der Waals surface area (Å²) in [7, 11) is 0. The minimum absolute atomic E-state index is 0.248. The van der Waals surface area contributed by atoms with E-state index < -0.39 is 0 Å². The van der Waals surface area contributed by atoms with Crippen molar-refractivity contribution in [3.8, 4) is 5.75 Å². The van der Waals surface area contributed by atoms with Gasteiger partial charge in [-0.15, -0.1) is 11.6 Å². The molecular weight excluding hydrogens is 179 g/mol. The maximum Gasteiger partial charge on any atom is 0.129 e. The summed E-state index contributed by atoms with van der Waals surface area (Å²) < 4.78 is 18.0. The topological polar surface area (TPSA) is 9.23 Å². The highest BCUT2D eigenvalue weighted by Gasteiger charge is 1.98. The van der Waals surface area contributed by atoms with Crippen molar-refractivity contribution in [3.63, 3.8) is 0 Å². The highest BCUT2D eigenvalue weighted by atomic mass is 35.5. The van der Waals surface area contributed by atoms with E-state index in [4.69, 9.17) is 16.3 Å². The summed E-state index contributed by atoms with van der Waals surface area (Å²) in [4.78, 5) is 0. The lowest BCUT2D eigenvalue weighted by Gasteiger charge is -2.04. The van der Waals surface area contributed by atoms with Gasteiger partial charge in [0.1, 0.15) is 18.2 Å². The van der Waals surface area contributed by atoms with Crippen LogP contribution >= 0.6 is 11.6 Å². The fourth-order valence-electron chi connectivity index (χ4n) is 0.820. The molecule has 0 atom stereocenters. The standard InChI is InChI=1S/C9H10ClFO/c1-7-2-3-8(6-9(7)11)12-5-4-10/h2-3,6H,4-5H2,1H3. The number of ether oxygens (including phenoxy) is 1. The molecule has 12 heavy (non-hydrogen) atoms. The molecule has 0 bridgehead atoms. The van der Waals surface area contributed by atoms with Crippen LogP contribution in [0.4, 0.5) is 4.39 Å². The van der Waals surface area contributed by atoms with Gasteiger partial charge in [-0.05, 0) is 18.6 Å². The Labute approximate surface area is 76.1 Å². The van der Waals surface area contributed by atoms with Crippen molar-refractivity contribution in [3.05, 3.63) is 29.6 Å². The van der Waals surface area contributed by atoms with Crippen LogP contribution in [0.3, 0.4) is 0 Å². The summed E-state index contributed by atoms with van der Waals surface area (Å²) in [5.41, 5.74) is 0.619. The van der Waals surface area contributed by atoms with E-state index in [0.717, 1.165) is 0 Å². The molecule has 0 N–H and O–H groups in total. The third kappa shape index (κ3) is 2.38. The van der Waals surface area contributed by atoms with Crippen LogP contribution in [0.15, 0.2) is 18.2 Å². The number of hydrogen-bond acceptors (Lipinski definition) is 1. The molecule has 0 amide bonds. The average molecular weight is 189 g/mol. The Kier molecular flexibility index (Phi) is 3.35. The summed E-state index contributed by atoms with van der Waals surface area (Å²) in [6, 6.07) is 4.77. The van der Waals surface area contributed by atoms with Crippen molar-refractivity contribution in [2.75, 3.05) is 12.5 Å².